The van der Waals surface area contributed by atoms with Gasteiger partial charge in [0.25, 0.3) is 15.9 Å². The largest absolute Gasteiger partial charge is 0.476 e. The van der Waals surface area contributed by atoms with Crippen LogP contribution in [0.1, 0.15) is 22.3 Å². The van der Waals surface area contributed by atoms with Crippen LogP contribution >= 0.6 is 0 Å². The molecule has 0 aliphatic carbocycles. The number of anilines is 2. The van der Waals surface area contributed by atoms with Crippen molar-refractivity contribution in [3.8, 4) is 5.75 Å². The van der Waals surface area contributed by atoms with Crippen molar-refractivity contribution in [3.63, 3.8) is 0 Å². The molecule has 2 heterocycles. The molecular weight excluding hydrogens is 486 g/mol. The van der Waals surface area contributed by atoms with Crippen LogP contribution in [-0.2, 0) is 21.2 Å². The van der Waals surface area contributed by atoms with Gasteiger partial charge in [0.1, 0.15) is 5.75 Å². The highest BCUT2D eigenvalue weighted by molar-refractivity contribution is 7.92. The van der Waals surface area contributed by atoms with E-state index in [1.54, 1.807) is 48.8 Å². The lowest BCUT2D eigenvalue weighted by Crippen LogP contribution is -2.48. The molecule has 7 nitrogen and oxygen atoms in total. The molecule has 188 valence electrons. The SMILES string of the molecule is Cc1ccc(S(=O)(=O)N2CC(C(=O)Nc3ccc(Cc4ccncc4)cc3)Oc3ccc(C)cc32)cc1. The molecule has 0 bridgehead atoms. The van der Waals surface area contributed by atoms with Gasteiger partial charge in [-0.3, -0.25) is 14.1 Å². The standard InChI is InChI=1S/C29H27N3O4S/c1-20-3-10-25(11-4-20)37(34,35)32-19-28(36-27-12-5-21(2)17-26(27)32)29(33)31-24-8-6-22(7-9-24)18-23-13-15-30-16-14-23/h3-17,28H,18-19H2,1-2H3,(H,31,33). The van der Waals surface area contributed by atoms with E-state index in [0.717, 1.165) is 28.7 Å². The Kier molecular flexibility index (Phi) is 6.67. The average Bonchev–Trinajstić information content (AvgIpc) is 2.90. The maximum absolute atomic E-state index is 13.6. The van der Waals surface area contributed by atoms with Crippen molar-refractivity contribution in [1.82, 2.24) is 4.98 Å². The van der Waals surface area contributed by atoms with Gasteiger partial charge in [0.15, 0.2) is 6.10 Å². The van der Waals surface area contributed by atoms with Crippen LogP contribution in [0, 0.1) is 13.8 Å². The normalized spacial score (nSPS) is 15.0. The molecule has 3 aromatic carbocycles. The van der Waals surface area contributed by atoms with E-state index < -0.39 is 22.0 Å². The zero-order valence-corrected chi connectivity index (χ0v) is 21.4. The number of benzene rings is 3. The van der Waals surface area contributed by atoms with E-state index in [1.807, 2.05) is 56.3 Å². The summed E-state index contributed by atoms with van der Waals surface area (Å²) < 4.78 is 34.5. The number of fused-ring (bicyclic) bond motifs is 1. The van der Waals surface area contributed by atoms with Gasteiger partial charge >= 0.3 is 0 Å². The van der Waals surface area contributed by atoms with Crippen molar-refractivity contribution >= 4 is 27.3 Å². The highest BCUT2D eigenvalue weighted by atomic mass is 32.2. The number of aromatic nitrogens is 1. The second-order valence-corrected chi connectivity index (χ2v) is 11.0. The smallest absolute Gasteiger partial charge is 0.267 e. The lowest BCUT2D eigenvalue weighted by Gasteiger charge is -2.35. The molecule has 1 atom stereocenters. The molecule has 4 aromatic rings. The third-order valence-electron chi connectivity index (χ3n) is 6.26. The molecule has 1 N–H and O–H groups in total. The van der Waals surface area contributed by atoms with Crippen LogP contribution in [0.3, 0.4) is 0 Å². The molecule has 1 unspecified atom stereocenters. The van der Waals surface area contributed by atoms with Crippen molar-refractivity contribution in [3.05, 3.63) is 114 Å². The van der Waals surface area contributed by atoms with Gasteiger partial charge in [-0.25, -0.2) is 8.42 Å². The summed E-state index contributed by atoms with van der Waals surface area (Å²) in [6, 6.07) is 23.5. The molecule has 1 amide bonds. The summed E-state index contributed by atoms with van der Waals surface area (Å²) in [7, 11) is -3.91. The Morgan fingerprint density at radius 1 is 0.919 bits per heavy atom. The lowest BCUT2D eigenvalue weighted by molar-refractivity contribution is -0.122. The van der Waals surface area contributed by atoms with Gasteiger partial charge in [0.05, 0.1) is 17.1 Å². The number of sulfonamides is 1. The van der Waals surface area contributed by atoms with Crippen LogP contribution in [0.2, 0.25) is 0 Å². The quantitative estimate of drug-likeness (QED) is 0.397. The van der Waals surface area contributed by atoms with E-state index in [-0.39, 0.29) is 11.4 Å². The lowest BCUT2D eigenvalue weighted by atomic mass is 10.1. The first-order valence-electron chi connectivity index (χ1n) is 11.9. The Hall–Kier alpha value is -4.17. The van der Waals surface area contributed by atoms with Crippen LogP contribution in [0.15, 0.2) is 96.2 Å². The van der Waals surface area contributed by atoms with Crippen LogP contribution in [0.5, 0.6) is 5.75 Å². The summed E-state index contributed by atoms with van der Waals surface area (Å²) in [4.78, 5) is 17.4. The topological polar surface area (TPSA) is 88.6 Å². The first-order chi connectivity index (χ1) is 17.8. The third-order valence-corrected chi connectivity index (χ3v) is 8.06. The van der Waals surface area contributed by atoms with E-state index in [2.05, 4.69) is 10.3 Å². The minimum absolute atomic E-state index is 0.140. The fourth-order valence-corrected chi connectivity index (χ4v) is 5.70. The van der Waals surface area contributed by atoms with Crippen LogP contribution in [-0.4, -0.2) is 32.0 Å². The minimum Gasteiger partial charge on any atom is -0.476 e. The average molecular weight is 514 g/mol. The fraction of sp³-hybridized carbons (Fsp3) is 0.172. The van der Waals surface area contributed by atoms with Crippen molar-refractivity contribution in [2.24, 2.45) is 0 Å². The van der Waals surface area contributed by atoms with Gasteiger partial charge in [0, 0.05) is 18.1 Å². The molecule has 1 aliphatic rings. The van der Waals surface area contributed by atoms with E-state index >= 15 is 0 Å². The van der Waals surface area contributed by atoms with Gasteiger partial charge in [-0.2, -0.15) is 0 Å². The maximum Gasteiger partial charge on any atom is 0.267 e. The summed E-state index contributed by atoms with van der Waals surface area (Å²) in [5.41, 5.74) is 5.12. The molecular formula is C29H27N3O4S. The Bertz CT molecular complexity index is 1520. The predicted molar refractivity (Wildman–Crippen MR) is 143 cm³/mol. The molecule has 0 radical (unpaired) electrons. The number of nitrogens with one attached hydrogen (secondary N) is 1. The molecule has 0 saturated carbocycles. The first kappa shape index (κ1) is 24.5. The number of aryl methyl sites for hydroxylation is 2. The van der Waals surface area contributed by atoms with E-state index in [0.29, 0.717) is 17.1 Å². The summed E-state index contributed by atoms with van der Waals surface area (Å²) in [5, 5.41) is 2.87. The third kappa shape index (κ3) is 5.34. The molecule has 37 heavy (non-hydrogen) atoms. The number of ether oxygens (including phenoxy) is 1. The number of carbonyl (C=O) groups is 1. The second-order valence-electron chi connectivity index (χ2n) is 9.15. The van der Waals surface area contributed by atoms with Crippen molar-refractivity contribution in [2.45, 2.75) is 31.3 Å². The Balaban J connectivity index is 1.36. The number of hydrogen-bond donors (Lipinski definition) is 1. The van der Waals surface area contributed by atoms with Crippen molar-refractivity contribution in [1.29, 1.82) is 0 Å². The fourth-order valence-electron chi connectivity index (χ4n) is 4.23. The highest BCUT2D eigenvalue weighted by Crippen LogP contribution is 2.38. The Morgan fingerprint density at radius 2 is 1.57 bits per heavy atom. The van der Waals surface area contributed by atoms with Crippen LogP contribution < -0.4 is 14.4 Å². The summed E-state index contributed by atoms with van der Waals surface area (Å²) in [6.45, 7) is 3.64. The summed E-state index contributed by atoms with van der Waals surface area (Å²) in [5.74, 6) is -0.0717. The van der Waals surface area contributed by atoms with E-state index in [9.17, 15) is 13.2 Å². The monoisotopic (exact) mass is 513 g/mol. The van der Waals surface area contributed by atoms with Gasteiger partial charge in [-0.1, -0.05) is 35.9 Å². The predicted octanol–water partition coefficient (Wildman–Crippen LogP) is 4.88. The molecule has 0 spiro atoms. The van der Waals surface area contributed by atoms with Crippen LogP contribution in [0.4, 0.5) is 11.4 Å². The van der Waals surface area contributed by atoms with Crippen molar-refractivity contribution in [2.75, 3.05) is 16.2 Å². The number of amides is 1. The number of rotatable bonds is 6. The molecule has 0 saturated heterocycles. The van der Waals surface area contributed by atoms with Gasteiger partial charge < -0.3 is 10.1 Å². The first-order valence-corrected chi connectivity index (χ1v) is 13.4. The minimum atomic E-state index is -3.91. The molecule has 1 aliphatic heterocycles. The van der Waals surface area contributed by atoms with E-state index in [1.165, 1.54) is 4.31 Å². The Labute approximate surface area is 216 Å². The molecule has 1 aromatic heterocycles. The maximum atomic E-state index is 13.6. The zero-order valence-electron chi connectivity index (χ0n) is 20.6. The van der Waals surface area contributed by atoms with Gasteiger partial charge in [0.2, 0.25) is 0 Å². The van der Waals surface area contributed by atoms with Gasteiger partial charge in [-0.05, 0) is 85.5 Å². The van der Waals surface area contributed by atoms with Crippen molar-refractivity contribution < 1.29 is 17.9 Å². The summed E-state index contributed by atoms with van der Waals surface area (Å²) >= 11 is 0. The van der Waals surface area contributed by atoms with E-state index in [4.69, 9.17) is 4.74 Å². The second kappa shape index (κ2) is 10.1. The highest BCUT2D eigenvalue weighted by Gasteiger charge is 2.37. The van der Waals surface area contributed by atoms with Gasteiger partial charge in [-0.15, -0.1) is 0 Å². The van der Waals surface area contributed by atoms with Crippen LogP contribution in [0.25, 0.3) is 0 Å². The molecule has 8 heteroatoms. The number of hydrogen-bond acceptors (Lipinski definition) is 5. The molecule has 0 fully saturated rings. The number of carbonyl (C=O) groups excluding carboxylic acids is 1. The number of pyridine rings is 1. The Morgan fingerprint density at radius 3 is 2.27 bits per heavy atom. The zero-order chi connectivity index (χ0) is 26.0. The molecule has 5 rings (SSSR count). The number of nitrogens with zero attached hydrogens (tertiary/aromatic N) is 2. The summed E-state index contributed by atoms with van der Waals surface area (Å²) in [6.07, 6.45) is 3.25.